The number of carbonyl (C=O) groups is 2. The molecular formula is C27H38N6O3. The number of aliphatic hydroxyl groups excluding tert-OH is 1. The van der Waals surface area contributed by atoms with Crippen LogP contribution in [-0.2, 0) is 17.8 Å². The highest BCUT2D eigenvalue weighted by Gasteiger charge is 2.22. The van der Waals surface area contributed by atoms with Crippen molar-refractivity contribution in [1.29, 1.82) is 0 Å². The normalized spacial score (nSPS) is 17.3. The van der Waals surface area contributed by atoms with Gasteiger partial charge >= 0.3 is 0 Å². The number of hydrogen-bond acceptors (Lipinski definition) is 7. The van der Waals surface area contributed by atoms with E-state index in [0.717, 1.165) is 32.4 Å². The molecule has 3 N–H and O–H groups in total. The molecule has 1 aromatic heterocycles. The summed E-state index contributed by atoms with van der Waals surface area (Å²) in [5.74, 6) is 1.18. The number of nitrogens with one attached hydrogen (secondary N) is 2. The lowest BCUT2D eigenvalue weighted by molar-refractivity contribution is -0.129. The second-order valence-corrected chi connectivity index (χ2v) is 10.0. The van der Waals surface area contributed by atoms with Gasteiger partial charge in [0.15, 0.2) is 0 Å². The SMILES string of the molecule is CC(=O)N1CCC(Nc2cc(C(=O)NC[C@H](O)CN3CCc4ccccc4C3)cc(N(C)C)n2)CC1. The smallest absolute Gasteiger partial charge is 0.251 e. The van der Waals surface area contributed by atoms with E-state index in [4.69, 9.17) is 0 Å². The molecule has 4 rings (SSSR count). The van der Waals surface area contributed by atoms with Gasteiger partial charge < -0.3 is 25.5 Å². The average Bonchev–Trinajstić information content (AvgIpc) is 2.87. The quantitative estimate of drug-likeness (QED) is 0.514. The number of rotatable bonds is 8. The third-order valence-corrected chi connectivity index (χ3v) is 7.00. The van der Waals surface area contributed by atoms with Crippen molar-refractivity contribution in [2.45, 2.75) is 44.9 Å². The van der Waals surface area contributed by atoms with E-state index >= 15 is 0 Å². The van der Waals surface area contributed by atoms with Gasteiger partial charge in [0.1, 0.15) is 11.6 Å². The molecule has 2 aliphatic rings. The third kappa shape index (κ3) is 6.73. The molecule has 2 aliphatic heterocycles. The summed E-state index contributed by atoms with van der Waals surface area (Å²) in [5.41, 5.74) is 3.18. The molecule has 0 bridgehead atoms. The average molecular weight is 495 g/mol. The molecule has 0 unspecified atom stereocenters. The van der Waals surface area contributed by atoms with Gasteiger partial charge in [-0.25, -0.2) is 4.98 Å². The van der Waals surface area contributed by atoms with Crippen molar-refractivity contribution in [3.63, 3.8) is 0 Å². The summed E-state index contributed by atoms with van der Waals surface area (Å²) in [6.45, 7) is 5.45. The Kier molecular flexibility index (Phi) is 8.43. The molecule has 1 saturated heterocycles. The maximum absolute atomic E-state index is 13.0. The Labute approximate surface area is 213 Å². The topological polar surface area (TPSA) is 101 Å². The van der Waals surface area contributed by atoms with Crippen molar-refractivity contribution in [3.05, 3.63) is 53.1 Å². The first-order chi connectivity index (χ1) is 17.3. The van der Waals surface area contributed by atoms with Gasteiger partial charge in [0.2, 0.25) is 5.91 Å². The molecule has 0 saturated carbocycles. The number of aromatic nitrogens is 1. The van der Waals surface area contributed by atoms with Crippen LogP contribution in [0.4, 0.5) is 11.6 Å². The van der Waals surface area contributed by atoms with Crippen LogP contribution in [0.1, 0.15) is 41.3 Å². The number of fused-ring (bicyclic) bond motifs is 1. The lowest BCUT2D eigenvalue weighted by Crippen LogP contribution is -2.42. The summed E-state index contributed by atoms with van der Waals surface area (Å²) < 4.78 is 0. The van der Waals surface area contributed by atoms with E-state index in [2.05, 4.69) is 38.7 Å². The van der Waals surface area contributed by atoms with Crippen LogP contribution in [0.2, 0.25) is 0 Å². The van der Waals surface area contributed by atoms with Crippen LogP contribution in [0.25, 0.3) is 0 Å². The molecule has 9 heteroatoms. The molecule has 2 aromatic rings. The number of likely N-dealkylation sites (tertiary alicyclic amines) is 1. The van der Waals surface area contributed by atoms with Crippen molar-refractivity contribution in [3.8, 4) is 0 Å². The Hall–Kier alpha value is -3.17. The Morgan fingerprint density at radius 1 is 1.14 bits per heavy atom. The van der Waals surface area contributed by atoms with Crippen LogP contribution in [-0.4, -0.2) is 90.7 Å². The Balaban J connectivity index is 1.32. The van der Waals surface area contributed by atoms with Crippen LogP contribution in [0.3, 0.4) is 0 Å². The fraction of sp³-hybridized carbons (Fsp3) is 0.519. The number of amides is 2. The highest BCUT2D eigenvalue weighted by Crippen LogP contribution is 2.21. The van der Waals surface area contributed by atoms with Gasteiger partial charge in [0.25, 0.3) is 5.91 Å². The van der Waals surface area contributed by atoms with Gasteiger partial charge in [-0.05, 0) is 42.5 Å². The number of nitrogens with zero attached hydrogens (tertiary/aromatic N) is 4. The van der Waals surface area contributed by atoms with Crippen LogP contribution >= 0.6 is 0 Å². The minimum Gasteiger partial charge on any atom is -0.390 e. The fourth-order valence-corrected chi connectivity index (χ4v) is 4.88. The zero-order valence-corrected chi connectivity index (χ0v) is 21.5. The summed E-state index contributed by atoms with van der Waals surface area (Å²) >= 11 is 0. The van der Waals surface area contributed by atoms with Crippen LogP contribution in [0, 0.1) is 0 Å². The summed E-state index contributed by atoms with van der Waals surface area (Å²) in [6.07, 6.45) is 1.99. The minimum atomic E-state index is -0.654. The number of carbonyl (C=O) groups excluding carboxylic acids is 2. The highest BCUT2D eigenvalue weighted by molar-refractivity contribution is 5.95. The first-order valence-electron chi connectivity index (χ1n) is 12.8. The van der Waals surface area contributed by atoms with E-state index in [0.29, 0.717) is 36.8 Å². The van der Waals surface area contributed by atoms with Crippen LogP contribution < -0.4 is 15.5 Å². The summed E-state index contributed by atoms with van der Waals surface area (Å²) in [6, 6.07) is 12.1. The molecular weight excluding hydrogens is 456 g/mol. The third-order valence-electron chi connectivity index (χ3n) is 7.00. The maximum atomic E-state index is 13.0. The van der Waals surface area contributed by atoms with E-state index < -0.39 is 6.10 Å². The molecule has 1 aromatic carbocycles. The Bertz CT molecular complexity index is 1070. The van der Waals surface area contributed by atoms with Crippen LogP contribution in [0.5, 0.6) is 0 Å². The number of β-amino-alcohol motifs (C(OH)–C–C–N with tert-alkyl or cyclic N) is 1. The van der Waals surface area contributed by atoms with E-state index in [1.54, 1.807) is 19.1 Å². The fourth-order valence-electron chi connectivity index (χ4n) is 4.88. The summed E-state index contributed by atoms with van der Waals surface area (Å²) in [4.78, 5) is 35.2. The van der Waals surface area contributed by atoms with Gasteiger partial charge in [-0.2, -0.15) is 0 Å². The van der Waals surface area contributed by atoms with Crippen molar-refractivity contribution < 1.29 is 14.7 Å². The second-order valence-electron chi connectivity index (χ2n) is 10.0. The number of anilines is 2. The molecule has 0 radical (unpaired) electrons. The first-order valence-corrected chi connectivity index (χ1v) is 12.8. The van der Waals surface area contributed by atoms with Crippen molar-refractivity contribution in [2.24, 2.45) is 0 Å². The zero-order chi connectivity index (χ0) is 25.7. The first kappa shape index (κ1) is 25.9. The summed E-state index contributed by atoms with van der Waals surface area (Å²) in [5, 5.41) is 16.9. The lowest BCUT2D eigenvalue weighted by Gasteiger charge is -2.32. The lowest BCUT2D eigenvalue weighted by atomic mass is 10.00. The van der Waals surface area contributed by atoms with Crippen molar-refractivity contribution in [2.75, 3.05) is 57.0 Å². The molecule has 194 valence electrons. The molecule has 3 heterocycles. The zero-order valence-electron chi connectivity index (χ0n) is 21.5. The van der Waals surface area contributed by atoms with Crippen LogP contribution in [0.15, 0.2) is 36.4 Å². The van der Waals surface area contributed by atoms with Crippen molar-refractivity contribution >= 4 is 23.5 Å². The molecule has 0 aliphatic carbocycles. The molecule has 36 heavy (non-hydrogen) atoms. The van der Waals surface area contributed by atoms with Gasteiger partial charge in [0, 0.05) is 71.9 Å². The van der Waals surface area contributed by atoms with Gasteiger partial charge in [-0.1, -0.05) is 24.3 Å². The molecule has 1 atom stereocenters. The summed E-state index contributed by atoms with van der Waals surface area (Å²) in [7, 11) is 3.78. The van der Waals surface area contributed by atoms with E-state index in [1.807, 2.05) is 30.0 Å². The molecule has 1 fully saturated rings. The van der Waals surface area contributed by atoms with E-state index in [-0.39, 0.29) is 24.4 Å². The highest BCUT2D eigenvalue weighted by atomic mass is 16.3. The minimum absolute atomic E-state index is 0.104. The molecule has 9 nitrogen and oxygen atoms in total. The van der Waals surface area contributed by atoms with Gasteiger partial charge in [-0.3, -0.25) is 14.5 Å². The second kappa shape index (κ2) is 11.7. The van der Waals surface area contributed by atoms with E-state index in [9.17, 15) is 14.7 Å². The predicted molar refractivity (Wildman–Crippen MR) is 141 cm³/mol. The Morgan fingerprint density at radius 3 is 2.56 bits per heavy atom. The van der Waals surface area contributed by atoms with E-state index in [1.165, 1.54) is 11.1 Å². The number of piperidine rings is 1. The van der Waals surface area contributed by atoms with Crippen molar-refractivity contribution in [1.82, 2.24) is 20.1 Å². The predicted octanol–water partition coefficient (Wildman–Crippen LogP) is 1.72. The molecule has 2 amide bonds. The largest absolute Gasteiger partial charge is 0.390 e. The van der Waals surface area contributed by atoms with Gasteiger partial charge in [-0.15, -0.1) is 0 Å². The maximum Gasteiger partial charge on any atom is 0.251 e. The molecule has 0 spiro atoms. The van der Waals surface area contributed by atoms with Gasteiger partial charge in [0.05, 0.1) is 6.10 Å². The number of pyridine rings is 1. The number of hydrogen-bond donors (Lipinski definition) is 3. The standard InChI is InChI=1S/C27H38N6O3/c1-19(34)33-12-9-23(10-13-33)29-25-14-22(15-26(30-25)31(2)3)27(36)28-16-24(35)18-32-11-8-20-6-4-5-7-21(20)17-32/h4-7,14-15,23-24,35H,8-13,16-18H2,1-3H3,(H,28,36)(H,29,30)/t24-/m0/s1. The number of benzene rings is 1. The monoisotopic (exact) mass is 494 g/mol. The Morgan fingerprint density at radius 2 is 1.86 bits per heavy atom. The number of aliphatic hydroxyl groups is 1.